The molecule has 0 aliphatic carbocycles. The topological polar surface area (TPSA) is 35.5 Å². The summed E-state index contributed by atoms with van der Waals surface area (Å²) in [6.07, 6.45) is 1.96. The molecule has 0 radical (unpaired) electrons. The SMILES string of the molecule is CCc1ccc(OC(=O)CCCOc2ccc(C(C)C)c(C)c2)cc1. The van der Waals surface area contributed by atoms with E-state index in [9.17, 15) is 4.79 Å². The van der Waals surface area contributed by atoms with Gasteiger partial charge in [-0.05, 0) is 66.6 Å². The molecule has 2 aromatic carbocycles. The molecule has 25 heavy (non-hydrogen) atoms. The van der Waals surface area contributed by atoms with Gasteiger partial charge in [-0.3, -0.25) is 4.79 Å². The Morgan fingerprint density at radius 3 is 2.32 bits per heavy atom. The Morgan fingerprint density at radius 1 is 1.04 bits per heavy atom. The van der Waals surface area contributed by atoms with Crippen molar-refractivity contribution in [1.82, 2.24) is 0 Å². The lowest BCUT2D eigenvalue weighted by molar-refractivity contribution is -0.134. The molecular weight excluding hydrogens is 312 g/mol. The van der Waals surface area contributed by atoms with Crippen LogP contribution < -0.4 is 9.47 Å². The highest BCUT2D eigenvalue weighted by molar-refractivity contribution is 5.72. The fourth-order valence-corrected chi connectivity index (χ4v) is 2.77. The number of rotatable bonds is 8. The van der Waals surface area contributed by atoms with Crippen molar-refractivity contribution < 1.29 is 14.3 Å². The van der Waals surface area contributed by atoms with Gasteiger partial charge in [0.1, 0.15) is 11.5 Å². The average Bonchev–Trinajstić information content (AvgIpc) is 2.59. The van der Waals surface area contributed by atoms with Gasteiger partial charge < -0.3 is 9.47 Å². The van der Waals surface area contributed by atoms with Crippen molar-refractivity contribution in [3.8, 4) is 11.5 Å². The van der Waals surface area contributed by atoms with Gasteiger partial charge in [0.25, 0.3) is 0 Å². The van der Waals surface area contributed by atoms with Crippen LogP contribution in [0.4, 0.5) is 0 Å². The number of carbonyl (C=O) groups is 1. The van der Waals surface area contributed by atoms with Gasteiger partial charge >= 0.3 is 5.97 Å². The molecule has 0 amide bonds. The molecule has 0 saturated carbocycles. The molecule has 0 aromatic heterocycles. The molecule has 0 heterocycles. The van der Waals surface area contributed by atoms with E-state index >= 15 is 0 Å². The highest BCUT2D eigenvalue weighted by atomic mass is 16.5. The first-order valence-corrected chi connectivity index (χ1v) is 9.02. The zero-order chi connectivity index (χ0) is 18.2. The summed E-state index contributed by atoms with van der Waals surface area (Å²) in [5, 5.41) is 0. The van der Waals surface area contributed by atoms with Crippen molar-refractivity contribution in [1.29, 1.82) is 0 Å². The maximum absolute atomic E-state index is 11.9. The Bertz CT molecular complexity index is 687. The molecule has 0 aliphatic heterocycles. The maximum Gasteiger partial charge on any atom is 0.311 e. The standard InChI is InChI=1S/C22H28O3/c1-5-18-8-10-19(11-9-18)25-22(23)7-6-14-24-20-12-13-21(16(2)3)17(4)15-20/h8-13,15-16H,5-7,14H2,1-4H3. The molecule has 0 spiro atoms. The number of benzene rings is 2. The highest BCUT2D eigenvalue weighted by Crippen LogP contribution is 2.23. The summed E-state index contributed by atoms with van der Waals surface area (Å²) in [7, 11) is 0. The number of hydrogen-bond donors (Lipinski definition) is 0. The monoisotopic (exact) mass is 340 g/mol. The summed E-state index contributed by atoms with van der Waals surface area (Å²) in [4.78, 5) is 11.9. The van der Waals surface area contributed by atoms with Crippen LogP contribution in [0.2, 0.25) is 0 Å². The van der Waals surface area contributed by atoms with E-state index in [-0.39, 0.29) is 5.97 Å². The maximum atomic E-state index is 11.9. The van der Waals surface area contributed by atoms with Crippen LogP contribution in [0.5, 0.6) is 11.5 Å². The van der Waals surface area contributed by atoms with Gasteiger partial charge in [-0.1, -0.05) is 39.0 Å². The first-order chi connectivity index (χ1) is 12.0. The lowest BCUT2D eigenvalue weighted by atomic mass is 9.98. The Labute approximate surface area is 151 Å². The van der Waals surface area contributed by atoms with Crippen LogP contribution in [0.3, 0.4) is 0 Å². The van der Waals surface area contributed by atoms with E-state index < -0.39 is 0 Å². The Kier molecular flexibility index (Phi) is 7.05. The number of aryl methyl sites for hydroxylation is 2. The van der Waals surface area contributed by atoms with E-state index in [1.165, 1.54) is 16.7 Å². The molecule has 0 unspecified atom stereocenters. The van der Waals surface area contributed by atoms with Crippen LogP contribution in [0, 0.1) is 6.92 Å². The van der Waals surface area contributed by atoms with Crippen LogP contribution in [-0.2, 0) is 11.2 Å². The van der Waals surface area contributed by atoms with Crippen LogP contribution in [-0.4, -0.2) is 12.6 Å². The molecule has 3 nitrogen and oxygen atoms in total. The van der Waals surface area contributed by atoms with Crippen molar-refractivity contribution in [2.45, 2.75) is 52.9 Å². The van der Waals surface area contributed by atoms with Gasteiger partial charge in [0.15, 0.2) is 0 Å². The van der Waals surface area contributed by atoms with Gasteiger partial charge in [-0.25, -0.2) is 0 Å². The van der Waals surface area contributed by atoms with Crippen LogP contribution >= 0.6 is 0 Å². The van der Waals surface area contributed by atoms with Gasteiger partial charge in [0.2, 0.25) is 0 Å². The summed E-state index contributed by atoms with van der Waals surface area (Å²) in [5.41, 5.74) is 3.81. The number of ether oxygens (including phenoxy) is 2. The van der Waals surface area contributed by atoms with Crippen LogP contribution in [0.15, 0.2) is 42.5 Å². The smallest absolute Gasteiger partial charge is 0.311 e. The summed E-state index contributed by atoms with van der Waals surface area (Å²) < 4.78 is 11.1. The van der Waals surface area contributed by atoms with E-state index in [0.717, 1.165) is 12.2 Å². The minimum absolute atomic E-state index is 0.223. The minimum Gasteiger partial charge on any atom is -0.494 e. The second kappa shape index (κ2) is 9.26. The Morgan fingerprint density at radius 2 is 1.72 bits per heavy atom. The summed E-state index contributed by atoms with van der Waals surface area (Å²) in [6, 6.07) is 13.8. The van der Waals surface area contributed by atoms with Gasteiger partial charge in [0, 0.05) is 6.42 Å². The van der Waals surface area contributed by atoms with E-state index in [4.69, 9.17) is 9.47 Å². The second-order valence-corrected chi connectivity index (χ2v) is 6.60. The Hall–Kier alpha value is -2.29. The molecule has 134 valence electrons. The third-order valence-electron chi connectivity index (χ3n) is 4.22. The largest absolute Gasteiger partial charge is 0.494 e. The highest BCUT2D eigenvalue weighted by Gasteiger charge is 2.07. The molecule has 2 aromatic rings. The fourth-order valence-electron chi connectivity index (χ4n) is 2.77. The fraction of sp³-hybridized carbons (Fsp3) is 0.409. The molecule has 0 N–H and O–H groups in total. The normalized spacial score (nSPS) is 10.8. The molecule has 0 aliphatic rings. The van der Waals surface area contributed by atoms with E-state index in [1.54, 1.807) is 0 Å². The lowest BCUT2D eigenvalue weighted by Crippen LogP contribution is -2.10. The zero-order valence-electron chi connectivity index (χ0n) is 15.7. The predicted molar refractivity (Wildman–Crippen MR) is 101 cm³/mol. The average molecular weight is 340 g/mol. The molecule has 0 bridgehead atoms. The lowest BCUT2D eigenvalue weighted by Gasteiger charge is -2.12. The number of carbonyl (C=O) groups excluding carboxylic acids is 1. The van der Waals surface area contributed by atoms with E-state index in [1.807, 2.05) is 30.3 Å². The third kappa shape index (κ3) is 5.93. The van der Waals surface area contributed by atoms with Crippen molar-refractivity contribution in [2.24, 2.45) is 0 Å². The first kappa shape index (κ1) is 19.0. The molecule has 0 fully saturated rings. The van der Waals surface area contributed by atoms with Crippen molar-refractivity contribution >= 4 is 5.97 Å². The van der Waals surface area contributed by atoms with Gasteiger partial charge in [0.05, 0.1) is 6.61 Å². The molecular formula is C22H28O3. The number of hydrogen-bond acceptors (Lipinski definition) is 3. The van der Waals surface area contributed by atoms with Crippen molar-refractivity contribution in [3.63, 3.8) is 0 Å². The molecule has 2 rings (SSSR count). The Balaban J connectivity index is 1.73. The van der Waals surface area contributed by atoms with Crippen LogP contribution in [0.1, 0.15) is 56.2 Å². The minimum atomic E-state index is -0.223. The zero-order valence-corrected chi connectivity index (χ0v) is 15.7. The third-order valence-corrected chi connectivity index (χ3v) is 4.22. The van der Waals surface area contributed by atoms with E-state index in [0.29, 0.717) is 31.1 Å². The molecule has 3 heteroatoms. The van der Waals surface area contributed by atoms with Gasteiger partial charge in [-0.2, -0.15) is 0 Å². The van der Waals surface area contributed by atoms with Crippen LogP contribution in [0.25, 0.3) is 0 Å². The molecule has 0 atom stereocenters. The summed E-state index contributed by atoms with van der Waals surface area (Å²) >= 11 is 0. The quantitative estimate of drug-likeness (QED) is 0.364. The van der Waals surface area contributed by atoms with Gasteiger partial charge in [-0.15, -0.1) is 0 Å². The van der Waals surface area contributed by atoms with E-state index in [2.05, 4.69) is 39.8 Å². The molecule has 0 saturated heterocycles. The first-order valence-electron chi connectivity index (χ1n) is 9.02. The van der Waals surface area contributed by atoms with Crippen molar-refractivity contribution in [2.75, 3.05) is 6.61 Å². The second-order valence-electron chi connectivity index (χ2n) is 6.60. The summed E-state index contributed by atoms with van der Waals surface area (Å²) in [6.45, 7) is 9.07. The number of esters is 1. The van der Waals surface area contributed by atoms with Crippen molar-refractivity contribution in [3.05, 3.63) is 59.2 Å². The summed E-state index contributed by atoms with van der Waals surface area (Å²) in [5.74, 6) is 1.74. The predicted octanol–water partition coefficient (Wildman–Crippen LogP) is 5.45.